The van der Waals surface area contributed by atoms with Crippen molar-refractivity contribution in [3.05, 3.63) is 24.3 Å². The maximum absolute atomic E-state index is 9.72. The van der Waals surface area contributed by atoms with E-state index in [1.807, 2.05) is 13.8 Å². The fraction of sp³-hybridized carbons (Fsp3) is 0.600. The predicted molar refractivity (Wildman–Crippen MR) is 48.8 cm³/mol. The molecule has 0 saturated carbocycles. The zero-order valence-corrected chi connectivity index (χ0v) is 7.62. The van der Waals surface area contributed by atoms with Crippen LogP contribution in [0.5, 0.6) is 0 Å². The fourth-order valence-corrected chi connectivity index (χ4v) is 1.16. The summed E-state index contributed by atoms with van der Waals surface area (Å²) in [4.78, 5) is 0. The molecule has 0 radical (unpaired) electrons. The topological polar surface area (TPSA) is 40.5 Å². The van der Waals surface area contributed by atoms with Crippen LogP contribution in [0.15, 0.2) is 24.3 Å². The summed E-state index contributed by atoms with van der Waals surface area (Å²) < 4.78 is 0. The molecular formula is C10H16O2. The first-order valence-electron chi connectivity index (χ1n) is 4.39. The smallest absolute Gasteiger partial charge is 0.101 e. The molecule has 0 spiro atoms. The molecule has 0 aromatic rings. The van der Waals surface area contributed by atoms with E-state index >= 15 is 0 Å². The minimum Gasteiger partial charge on any atom is -0.382 e. The van der Waals surface area contributed by atoms with Crippen molar-refractivity contribution < 1.29 is 10.2 Å². The quantitative estimate of drug-likeness (QED) is 0.612. The Morgan fingerprint density at radius 1 is 0.833 bits per heavy atom. The highest BCUT2D eigenvalue weighted by atomic mass is 16.3. The summed E-state index contributed by atoms with van der Waals surface area (Å²) in [5, 5.41) is 19.4. The lowest BCUT2D eigenvalue weighted by Gasteiger charge is -2.28. The standard InChI is InChI=1S/C10H16O2/c1-3-9(11)5-7-10(12,4-2)8-6-9/h5-8,11-12H,3-4H2,1-2H3. The van der Waals surface area contributed by atoms with Gasteiger partial charge in [0.05, 0.1) is 0 Å². The summed E-state index contributed by atoms with van der Waals surface area (Å²) >= 11 is 0. The highest BCUT2D eigenvalue weighted by molar-refractivity contribution is 5.28. The monoisotopic (exact) mass is 168 g/mol. The Morgan fingerprint density at radius 3 is 1.25 bits per heavy atom. The minimum absolute atomic E-state index is 0.639. The van der Waals surface area contributed by atoms with Crippen LogP contribution in [-0.2, 0) is 0 Å². The van der Waals surface area contributed by atoms with E-state index in [0.29, 0.717) is 12.8 Å². The summed E-state index contributed by atoms with van der Waals surface area (Å²) in [6.07, 6.45) is 7.93. The maximum atomic E-state index is 9.72. The fourth-order valence-electron chi connectivity index (χ4n) is 1.16. The van der Waals surface area contributed by atoms with Crippen LogP contribution in [0.25, 0.3) is 0 Å². The molecule has 0 unspecified atom stereocenters. The Hall–Kier alpha value is -0.600. The molecule has 0 aliphatic heterocycles. The van der Waals surface area contributed by atoms with Gasteiger partial charge < -0.3 is 10.2 Å². The molecule has 0 saturated heterocycles. The average molecular weight is 168 g/mol. The van der Waals surface area contributed by atoms with E-state index in [1.165, 1.54) is 0 Å². The van der Waals surface area contributed by atoms with E-state index in [9.17, 15) is 10.2 Å². The van der Waals surface area contributed by atoms with Crippen molar-refractivity contribution in [2.24, 2.45) is 0 Å². The molecule has 0 heterocycles. The van der Waals surface area contributed by atoms with Gasteiger partial charge in [-0.2, -0.15) is 0 Å². The van der Waals surface area contributed by atoms with Gasteiger partial charge in [0, 0.05) is 0 Å². The Balaban J connectivity index is 2.79. The average Bonchev–Trinajstić information content (AvgIpc) is 2.11. The minimum atomic E-state index is -0.846. The number of hydrogen-bond donors (Lipinski definition) is 2. The number of hydrogen-bond acceptors (Lipinski definition) is 2. The Morgan fingerprint density at radius 2 is 1.08 bits per heavy atom. The normalized spacial score (nSPS) is 40.3. The van der Waals surface area contributed by atoms with Crippen LogP contribution >= 0.6 is 0 Å². The van der Waals surface area contributed by atoms with Gasteiger partial charge in [-0.1, -0.05) is 38.2 Å². The van der Waals surface area contributed by atoms with Gasteiger partial charge in [0.1, 0.15) is 11.2 Å². The van der Waals surface area contributed by atoms with Crippen molar-refractivity contribution in [2.45, 2.75) is 37.9 Å². The maximum Gasteiger partial charge on any atom is 0.101 e. The van der Waals surface area contributed by atoms with Crippen molar-refractivity contribution in [2.75, 3.05) is 0 Å². The van der Waals surface area contributed by atoms with Gasteiger partial charge in [-0.15, -0.1) is 0 Å². The van der Waals surface area contributed by atoms with Gasteiger partial charge in [-0.05, 0) is 12.8 Å². The molecule has 2 nitrogen and oxygen atoms in total. The predicted octanol–water partition coefficient (Wildman–Crippen LogP) is 1.39. The molecule has 0 aromatic heterocycles. The molecule has 2 N–H and O–H groups in total. The van der Waals surface area contributed by atoms with Gasteiger partial charge in [-0.25, -0.2) is 0 Å². The Bertz CT molecular complexity index is 180. The number of rotatable bonds is 2. The van der Waals surface area contributed by atoms with Gasteiger partial charge in [0.15, 0.2) is 0 Å². The van der Waals surface area contributed by atoms with E-state index in [-0.39, 0.29) is 0 Å². The van der Waals surface area contributed by atoms with E-state index in [1.54, 1.807) is 24.3 Å². The summed E-state index contributed by atoms with van der Waals surface area (Å²) in [6, 6.07) is 0. The second-order valence-electron chi connectivity index (χ2n) is 3.36. The van der Waals surface area contributed by atoms with Crippen molar-refractivity contribution in [3.8, 4) is 0 Å². The van der Waals surface area contributed by atoms with Crippen molar-refractivity contribution in [1.29, 1.82) is 0 Å². The third-order valence-corrected chi connectivity index (χ3v) is 2.45. The zero-order valence-electron chi connectivity index (χ0n) is 7.62. The molecule has 0 atom stereocenters. The number of aliphatic hydroxyl groups is 2. The Labute approximate surface area is 73.2 Å². The van der Waals surface area contributed by atoms with Gasteiger partial charge >= 0.3 is 0 Å². The molecule has 1 aliphatic rings. The molecule has 1 aliphatic carbocycles. The van der Waals surface area contributed by atoms with E-state index < -0.39 is 11.2 Å². The van der Waals surface area contributed by atoms with Gasteiger partial charge in [0.25, 0.3) is 0 Å². The highest BCUT2D eigenvalue weighted by Gasteiger charge is 2.27. The summed E-state index contributed by atoms with van der Waals surface area (Å²) in [5.74, 6) is 0. The molecule has 68 valence electrons. The molecule has 0 amide bonds. The first-order chi connectivity index (χ1) is 5.54. The first-order valence-corrected chi connectivity index (χ1v) is 4.39. The molecule has 1 rings (SSSR count). The molecular weight excluding hydrogens is 152 g/mol. The van der Waals surface area contributed by atoms with Crippen LogP contribution < -0.4 is 0 Å². The first kappa shape index (κ1) is 9.49. The zero-order chi connectivity index (χ0) is 9.24. The molecule has 0 bridgehead atoms. The second-order valence-corrected chi connectivity index (χ2v) is 3.36. The summed E-state index contributed by atoms with van der Waals surface area (Å²) in [5.41, 5.74) is -1.69. The van der Waals surface area contributed by atoms with Crippen LogP contribution in [-0.4, -0.2) is 21.4 Å². The van der Waals surface area contributed by atoms with Crippen LogP contribution in [0.3, 0.4) is 0 Å². The van der Waals surface area contributed by atoms with Crippen LogP contribution in [0, 0.1) is 0 Å². The van der Waals surface area contributed by atoms with Crippen molar-refractivity contribution in [3.63, 3.8) is 0 Å². The van der Waals surface area contributed by atoms with Crippen molar-refractivity contribution >= 4 is 0 Å². The van der Waals surface area contributed by atoms with Crippen LogP contribution in [0.4, 0.5) is 0 Å². The van der Waals surface area contributed by atoms with Crippen LogP contribution in [0.2, 0.25) is 0 Å². The highest BCUT2D eigenvalue weighted by Crippen LogP contribution is 2.25. The molecule has 2 heteroatoms. The van der Waals surface area contributed by atoms with E-state index in [4.69, 9.17) is 0 Å². The molecule has 12 heavy (non-hydrogen) atoms. The molecule has 0 aromatic carbocycles. The third kappa shape index (κ3) is 1.76. The van der Waals surface area contributed by atoms with E-state index in [2.05, 4.69) is 0 Å². The summed E-state index contributed by atoms with van der Waals surface area (Å²) in [6.45, 7) is 3.82. The van der Waals surface area contributed by atoms with Gasteiger partial charge in [0.2, 0.25) is 0 Å². The van der Waals surface area contributed by atoms with Crippen molar-refractivity contribution in [1.82, 2.24) is 0 Å². The molecule has 0 fully saturated rings. The lowest BCUT2D eigenvalue weighted by atomic mass is 9.87. The lowest BCUT2D eigenvalue weighted by molar-refractivity contribution is 0.103. The third-order valence-electron chi connectivity index (χ3n) is 2.45. The lowest BCUT2D eigenvalue weighted by Crippen LogP contribution is -2.32. The largest absolute Gasteiger partial charge is 0.382 e. The SMILES string of the molecule is CCC1(O)C=CC(O)(CC)C=C1. The van der Waals surface area contributed by atoms with Crippen LogP contribution in [0.1, 0.15) is 26.7 Å². The Kier molecular flexibility index (Phi) is 2.40. The summed E-state index contributed by atoms with van der Waals surface area (Å²) in [7, 11) is 0. The second kappa shape index (κ2) is 3.04. The van der Waals surface area contributed by atoms with E-state index in [0.717, 1.165) is 0 Å². The van der Waals surface area contributed by atoms with Gasteiger partial charge in [-0.3, -0.25) is 0 Å².